The van der Waals surface area contributed by atoms with Gasteiger partial charge in [-0.25, -0.2) is 4.79 Å². The van der Waals surface area contributed by atoms with Gasteiger partial charge in [0.05, 0.1) is 0 Å². The van der Waals surface area contributed by atoms with E-state index in [1.54, 1.807) is 0 Å². The summed E-state index contributed by atoms with van der Waals surface area (Å²) in [6.07, 6.45) is 0.465. The molecule has 1 rings (SSSR count). The molecule has 70 valence electrons. The van der Waals surface area contributed by atoms with E-state index in [1.807, 2.05) is 0 Å². The van der Waals surface area contributed by atoms with Crippen LogP contribution in [-0.2, 0) is 14.1 Å². The molecular weight excluding hydrogens is 240 g/mol. The number of hydrogen-bond acceptors (Lipinski definition) is 3. The van der Waals surface area contributed by atoms with Crippen LogP contribution in [0.1, 0.15) is 10.5 Å². The molecule has 0 atom stereocenters. The normalized spacial score (nSPS) is 10.1. The summed E-state index contributed by atoms with van der Waals surface area (Å²) in [5, 5.41) is 0. The molecule has 5 nitrogen and oxygen atoms in total. The summed E-state index contributed by atoms with van der Waals surface area (Å²) in [4.78, 5) is 33.1. The third-order valence-corrected chi connectivity index (χ3v) is 2.51. The van der Waals surface area contributed by atoms with Gasteiger partial charge in [-0.1, -0.05) is 0 Å². The summed E-state index contributed by atoms with van der Waals surface area (Å²) in [5.74, 6) is 0. The number of rotatable bonds is 1. The molecule has 0 aliphatic rings. The van der Waals surface area contributed by atoms with Crippen LogP contribution in [0, 0.1) is 0 Å². The van der Waals surface area contributed by atoms with Gasteiger partial charge in [0.2, 0.25) is 0 Å². The van der Waals surface area contributed by atoms with Crippen LogP contribution in [0.2, 0.25) is 0 Å². The van der Waals surface area contributed by atoms with Crippen LogP contribution in [0.4, 0.5) is 0 Å². The minimum atomic E-state index is -0.518. The molecule has 1 aromatic heterocycles. The molecule has 13 heavy (non-hydrogen) atoms. The molecule has 0 saturated carbocycles. The number of aromatic nitrogens is 2. The third kappa shape index (κ3) is 1.37. The summed E-state index contributed by atoms with van der Waals surface area (Å²) in [7, 11) is 2.78. The first-order valence-corrected chi connectivity index (χ1v) is 4.20. The van der Waals surface area contributed by atoms with Crippen molar-refractivity contribution in [2.75, 3.05) is 0 Å². The quantitative estimate of drug-likeness (QED) is 0.638. The topological polar surface area (TPSA) is 61.1 Å². The van der Waals surface area contributed by atoms with Crippen molar-refractivity contribution in [2.45, 2.75) is 0 Å². The van der Waals surface area contributed by atoms with Crippen LogP contribution in [0.5, 0.6) is 0 Å². The Labute approximate surface area is 81.7 Å². The molecule has 0 unspecified atom stereocenters. The first-order valence-electron chi connectivity index (χ1n) is 3.41. The Kier molecular flexibility index (Phi) is 2.51. The standard InChI is InChI=1S/C7H7BrN2O3/c1-9-4(3-11)5(8)6(12)10(2)7(9)13/h3H,1-2H3. The van der Waals surface area contributed by atoms with Crippen molar-refractivity contribution in [1.29, 1.82) is 0 Å². The molecule has 0 radical (unpaired) electrons. The Bertz CT molecular complexity index is 435. The van der Waals surface area contributed by atoms with Gasteiger partial charge in [-0.3, -0.25) is 18.7 Å². The average molecular weight is 247 g/mol. The number of nitrogens with zero attached hydrogens (tertiary/aromatic N) is 2. The molecule has 0 aliphatic heterocycles. The summed E-state index contributed by atoms with van der Waals surface area (Å²) in [6.45, 7) is 0. The average Bonchev–Trinajstić information content (AvgIpc) is 2.13. The highest BCUT2D eigenvalue weighted by atomic mass is 79.9. The van der Waals surface area contributed by atoms with Gasteiger partial charge in [0.1, 0.15) is 10.2 Å². The van der Waals surface area contributed by atoms with E-state index in [4.69, 9.17) is 0 Å². The Balaban J connectivity index is 3.88. The van der Waals surface area contributed by atoms with E-state index in [9.17, 15) is 14.4 Å². The molecule has 6 heteroatoms. The van der Waals surface area contributed by atoms with Crippen LogP contribution < -0.4 is 11.2 Å². The zero-order chi connectivity index (χ0) is 10.2. The van der Waals surface area contributed by atoms with Crippen LogP contribution >= 0.6 is 15.9 Å². The van der Waals surface area contributed by atoms with Gasteiger partial charge in [-0.15, -0.1) is 0 Å². The molecule has 0 aromatic carbocycles. The summed E-state index contributed by atoms with van der Waals surface area (Å²) in [6, 6.07) is 0. The van der Waals surface area contributed by atoms with E-state index >= 15 is 0 Å². The fraction of sp³-hybridized carbons (Fsp3) is 0.286. The molecular formula is C7H7BrN2O3. The lowest BCUT2D eigenvalue weighted by molar-refractivity contribution is 0.111. The highest BCUT2D eigenvalue weighted by Gasteiger charge is 2.11. The molecule has 0 amide bonds. The number of carbonyl (C=O) groups is 1. The lowest BCUT2D eigenvalue weighted by Crippen LogP contribution is -2.39. The number of aldehydes is 1. The van der Waals surface area contributed by atoms with Crippen LogP contribution in [0.15, 0.2) is 14.1 Å². The van der Waals surface area contributed by atoms with Gasteiger partial charge in [0, 0.05) is 14.1 Å². The largest absolute Gasteiger partial charge is 0.331 e. The van der Waals surface area contributed by atoms with E-state index < -0.39 is 11.2 Å². The molecule has 0 saturated heterocycles. The van der Waals surface area contributed by atoms with Crippen molar-refractivity contribution < 1.29 is 4.79 Å². The maximum absolute atomic E-state index is 11.3. The van der Waals surface area contributed by atoms with Gasteiger partial charge >= 0.3 is 5.69 Å². The highest BCUT2D eigenvalue weighted by Crippen LogP contribution is 2.05. The molecule has 0 spiro atoms. The van der Waals surface area contributed by atoms with E-state index in [0.717, 1.165) is 9.13 Å². The van der Waals surface area contributed by atoms with Crippen molar-refractivity contribution in [3.05, 3.63) is 31.0 Å². The summed E-state index contributed by atoms with van der Waals surface area (Å²) >= 11 is 2.95. The van der Waals surface area contributed by atoms with Crippen LogP contribution in [0.25, 0.3) is 0 Å². The minimum Gasteiger partial charge on any atom is -0.296 e. The summed E-state index contributed by atoms with van der Waals surface area (Å²) < 4.78 is 2.14. The van der Waals surface area contributed by atoms with Crippen molar-refractivity contribution in [1.82, 2.24) is 9.13 Å². The second kappa shape index (κ2) is 3.29. The Morgan fingerprint density at radius 3 is 2.23 bits per heavy atom. The maximum atomic E-state index is 11.3. The molecule has 0 fully saturated rings. The van der Waals surface area contributed by atoms with Crippen LogP contribution in [-0.4, -0.2) is 15.4 Å². The van der Waals surface area contributed by atoms with Crippen molar-refractivity contribution in [2.24, 2.45) is 14.1 Å². The number of carbonyl (C=O) groups excluding carboxylic acids is 1. The zero-order valence-corrected chi connectivity index (χ0v) is 8.66. The van der Waals surface area contributed by atoms with Crippen molar-refractivity contribution in [3.8, 4) is 0 Å². The van der Waals surface area contributed by atoms with Gasteiger partial charge in [-0.05, 0) is 15.9 Å². The van der Waals surface area contributed by atoms with Crippen molar-refractivity contribution >= 4 is 22.2 Å². The maximum Gasteiger partial charge on any atom is 0.331 e. The fourth-order valence-corrected chi connectivity index (χ4v) is 1.58. The van der Waals surface area contributed by atoms with Gasteiger partial charge in [-0.2, -0.15) is 0 Å². The smallest absolute Gasteiger partial charge is 0.296 e. The number of halogens is 1. The predicted octanol–water partition coefficient (Wildman–Crippen LogP) is -0.341. The third-order valence-electron chi connectivity index (χ3n) is 1.76. The molecule has 1 heterocycles. The second-order valence-electron chi connectivity index (χ2n) is 2.52. The molecule has 0 aliphatic carbocycles. The fourth-order valence-electron chi connectivity index (χ4n) is 0.950. The minimum absolute atomic E-state index is 0.0492. The van der Waals surface area contributed by atoms with E-state index in [1.165, 1.54) is 14.1 Å². The Hall–Kier alpha value is -1.17. The predicted molar refractivity (Wildman–Crippen MR) is 50.0 cm³/mol. The zero-order valence-electron chi connectivity index (χ0n) is 7.07. The molecule has 0 N–H and O–H groups in total. The van der Waals surface area contributed by atoms with Gasteiger partial charge < -0.3 is 0 Å². The lowest BCUT2D eigenvalue weighted by atomic mass is 10.4. The van der Waals surface area contributed by atoms with Crippen molar-refractivity contribution in [3.63, 3.8) is 0 Å². The monoisotopic (exact) mass is 246 g/mol. The first-order chi connectivity index (χ1) is 6.00. The van der Waals surface area contributed by atoms with Gasteiger partial charge in [0.15, 0.2) is 6.29 Å². The SMILES string of the molecule is Cn1c(C=O)c(Br)c(=O)n(C)c1=O. The molecule has 1 aromatic rings. The Morgan fingerprint density at radius 1 is 1.23 bits per heavy atom. The Morgan fingerprint density at radius 2 is 1.77 bits per heavy atom. The number of hydrogen-bond donors (Lipinski definition) is 0. The van der Waals surface area contributed by atoms with E-state index in [0.29, 0.717) is 6.29 Å². The van der Waals surface area contributed by atoms with Gasteiger partial charge in [0.25, 0.3) is 5.56 Å². The molecule has 0 bridgehead atoms. The second-order valence-corrected chi connectivity index (χ2v) is 3.32. The first kappa shape index (κ1) is 9.91. The van der Waals surface area contributed by atoms with E-state index in [2.05, 4.69) is 15.9 Å². The van der Waals surface area contributed by atoms with E-state index in [-0.39, 0.29) is 10.2 Å². The lowest BCUT2D eigenvalue weighted by Gasteiger charge is -2.05. The summed E-state index contributed by atoms with van der Waals surface area (Å²) in [5.41, 5.74) is -0.978. The highest BCUT2D eigenvalue weighted by molar-refractivity contribution is 9.10. The van der Waals surface area contributed by atoms with Crippen LogP contribution in [0.3, 0.4) is 0 Å².